The Bertz CT molecular complexity index is 1210. The normalized spacial score (nSPS) is 12.2. The van der Waals surface area contributed by atoms with E-state index in [4.69, 9.17) is 35.4 Å². The van der Waals surface area contributed by atoms with Gasteiger partial charge in [0.1, 0.15) is 0 Å². The first-order valence-corrected chi connectivity index (χ1v) is 21.5. The minimum atomic E-state index is -2.89. The SMILES string of the molecule is CO[Si](OC)c1ccc([Si](c2ccc([Si](OC)OC)cc2)(c2ccc([Si](OC)OC)cc2)c2ccc([Si](OC)OC)cc2)cc1. The van der Waals surface area contributed by atoms with Crippen LogP contribution in [0.15, 0.2) is 97.1 Å². The monoisotopic (exact) mass is 692 g/mol. The molecule has 4 rings (SSSR count). The molecule has 0 aliphatic carbocycles. The summed E-state index contributed by atoms with van der Waals surface area (Å²) in [6.45, 7) is 0. The molecule has 0 heterocycles. The van der Waals surface area contributed by atoms with Crippen LogP contribution in [0.1, 0.15) is 0 Å². The second-order valence-electron chi connectivity index (χ2n) is 9.84. The molecule has 8 nitrogen and oxygen atoms in total. The van der Waals surface area contributed by atoms with Gasteiger partial charge in [-0.1, -0.05) is 97.1 Å². The van der Waals surface area contributed by atoms with Crippen molar-refractivity contribution in [2.75, 3.05) is 56.9 Å². The Morgan fingerprint density at radius 3 is 0.578 bits per heavy atom. The van der Waals surface area contributed by atoms with Crippen LogP contribution in [-0.2, 0) is 35.4 Å². The molecule has 0 spiro atoms. The Labute approximate surface area is 275 Å². The second kappa shape index (κ2) is 17.0. The molecule has 0 bridgehead atoms. The van der Waals surface area contributed by atoms with Crippen LogP contribution in [0.5, 0.6) is 0 Å². The van der Waals surface area contributed by atoms with Crippen molar-refractivity contribution in [1.82, 2.24) is 0 Å². The van der Waals surface area contributed by atoms with E-state index in [9.17, 15) is 0 Å². The highest BCUT2D eigenvalue weighted by molar-refractivity contribution is 7.20. The fourth-order valence-corrected chi connectivity index (χ4v) is 14.7. The quantitative estimate of drug-likeness (QED) is 0.110. The summed E-state index contributed by atoms with van der Waals surface area (Å²) in [4.78, 5) is 0. The summed E-state index contributed by atoms with van der Waals surface area (Å²) in [6, 6.07) is 35.0. The summed E-state index contributed by atoms with van der Waals surface area (Å²) in [6.07, 6.45) is 0. The fraction of sp³-hybridized carbons (Fsp3) is 0.250. The van der Waals surface area contributed by atoms with Gasteiger partial charge in [0.2, 0.25) is 0 Å². The van der Waals surface area contributed by atoms with Gasteiger partial charge in [0, 0.05) is 56.9 Å². The van der Waals surface area contributed by atoms with Gasteiger partial charge in [0.15, 0.2) is 8.07 Å². The molecule has 4 aromatic rings. The van der Waals surface area contributed by atoms with Gasteiger partial charge in [-0.15, -0.1) is 0 Å². The largest absolute Gasteiger partial charge is 0.423 e. The zero-order valence-corrected chi connectivity index (χ0v) is 32.0. The molecule has 45 heavy (non-hydrogen) atoms. The molecular weight excluding hydrogens is 653 g/mol. The van der Waals surface area contributed by atoms with Crippen molar-refractivity contribution in [3.8, 4) is 0 Å². The molecule has 0 unspecified atom stereocenters. The van der Waals surface area contributed by atoms with E-state index < -0.39 is 45.2 Å². The molecule has 0 amide bonds. The van der Waals surface area contributed by atoms with Crippen molar-refractivity contribution in [3.05, 3.63) is 97.1 Å². The van der Waals surface area contributed by atoms with E-state index in [1.54, 1.807) is 56.9 Å². The summed E-state index contributed by atoms with van der Waals surface area (Å²) >= 11 is 0. The van der Waals surface area contributed by atoms with Crippen molar-refractivity contribution < 1.29 is 35.4 Å². The molecule has 0 fully saturated rings. The fourth-order valence-electron chi connectivity index (χ4n) is 5.70. The van der Waals surface area contributed by atoms with Gasteiger partial charge in [-0.05, 0) is 41.5 Å². The molecule has 0 aliphatic rings. The van der Waals surface area contributed by atoms with E-state index in [0.717, 1.165) is 20.7 Å². The van der Waals surface area contributed by atoms with E-state index in [1.807, 2.05) is 0 Å². The topological polar surface area (TPSA) is 73.8 Å². The molecule has 0 aliphatic heterocycles. The van der Waals surface area contributed by atoms with E-state index in [0.29, 0.717) is 0 Å². The Kier molecular flexibility index (Phi) is 13.4. The first kappa shape index (κ1) is 35.5. The lowest BCUT2D eigenvalue weighted by Crippen LogP contribution is -2.75. The Morgan fingerprint density at radius 1 is 0.289 bits per heavy atom. The van der Waals surface area contributed by atoms with Crippen molar-refractivity contribution in [2.45, 2.75) is 0 Å². The predicted octanol–water partition coefficient (Wildman–Crippen LogP) is -0.984. The lowest BCUT2D eigenvalue weighted by atomic mass is 10.3. The van der Waals surface area contributed by atoms with Gasteiger partial charge >= 0.3 is 37.1 Å². The lowest BCUT2D eigenvalue weighted by molar-refractivity contribution is 0.291. The zero-order valence-electron chi connectivity index (χ0n) is 27.0. The summed E-state index contributed by atoms with van der Waals surface area (Å²) in [5.41, 5.74) is 0. The van der Waals surface area contributed by atoms with Crippen LogP contribution < -0.4 is 41.5 Å². The van der Waals surface area contributed by atoms with Crippen LogP contribution in [0.4, 0.5) is 0 Å². The van der Waals surface area contributed by atoms with Crippen LogP contribution in [0.3, 0.4) is 0 Å². The van der Waals surface area contributed by atoms with Crippen molar-refractivity contribution in [2.24, 2.45) is 0 Å². The Balaban J connectivity index is 2.03. The first-order valence-electron chi connectivity index (χ1n) is 14.2. The highest BCUT2D eigenvalue weighted by atomic mass is 28.3. The molecule has 0 N–H and O–H groups in total. The number of rotatable bonds is 16. The van der Waals surface area contributed by atoms with Crippen molar-refractivity contribution >= 4 is 86.7 Å². The maximum Gasteiger partial charge on any atom is 0.423 e. The van der Waals surface area contributed by atoms with E-state index in [2.05, 4.69) is 97.1 Å². The van der Waals surface area contributed by atoms with Gasteiger partial charge < -0.3 is 35.4 Å². The molecule has 0 atom stereocenters. The van der Waals surface area contributed by atoms with Crippen LogP contribution in [0.2, 0.25) is 0 Å². The summed E-state index contributed by atoms with van der Waals surface area (Å²) in [5.74, 6) is 0. The lowest BCUT2D eigenvalue weighted by Gasteiger charge is -2.35. The summed E-state index contributed by atoms with van der Waals surface area (Å²) in [7, 11) is 4.34. The maximum absolute atomic E-state index is 5.66. The number of hydrogen-bond donors (Lipinski definition) is 0. The average molecular weight is 693 g/mol. The zero-order chi connectivity index (χ0) is 32.4. The average Bonchev–Trinajstić information content (AvgIpc) is 3.10. The van der Waals surface area contributed by atoms with E-state index in [1.165, 1.54) is 20.7 Å². The Hall–Kier alpha value is -2.36. The highest BCUT2D eigenvalue weighted by Crippen LogP contribution is 2.10. The third kappa shape index (κ3) is 7.46. The van der Waals surface area contributed by atoms with Crippen LogP contribution in [0.25, 0.3) is 0 Å². The number of hydrogen-bond acceptors (Lipinski definition) is 8. The van der Waals surface area contributed by atoms with Crippen LogP contribution >= 0.6 is 0 Å². The van der Waals surface area contributed by atoms with Gasteiger partial charge in [0.25, 0.3) is 0 Å². The summed E-state index contributed by atoms with van der Waals surface area (Å²) < 4.78 is 45.3. The van der Waals surface area contributed by atoms with Crippen molar-refractivity contribution in [1.29, 1.82) is 0 Å². The second-order valence-corrected chi connectivity index (χ2v) is 21.5. The Morgan fingerprint density at radius 2 is 0.444 bits per heavy atom. The van der Waals surface area contributed by atoms with Crippen LogP contribution in [0, 0.1) is 0 Å². The van der Waals surface area contributed by atoms with Gasteiger partial charge in [-0.3, -0.25) is 0 Å². The van der Waals surface area contributed by atoms with Crippen molar-refractivity contribution in [3.63, 3.8) is 0 Å². The molecule has 236 valence electrons. The van der Waals surface area contributed by atoms with E-state index in [-0.39, 0.29) is 0 Å². The predicted molar refractivity (Wildman–Crippen MR) is 188 cm³/mol. The molecule has 4 aromatic carbocycles. The van der Waals surface area contributed by atoms with Gasteiger partial charge in [-0.25, -0.2) is 0 Å². The van der Waals surface area contributed by atoms with E-state index >= 15 is 0 Å². The summed E-state index contributed by atoms with van der Waals surface area (Å²) in [5, 5.41) is 9.09. The molecule has 0 saturated heterocycles. The molecule has 0 aromatic heterocycles. The molecular formula is C32H40O8Si5. The molecule has 4 radical (unpaired) electrons. The molecule has 13 heteroatoms. The molecule has 0 saturated carbocycles. The smallest absolute Gasteiger partial charge is 0.393 e. The minimum absolute atomic E-state index is 1.05. The standard InChI is InChI=1S/C32H40O8Si5/c1-33-41(34-2)25-9-17-29(18-10-25)45(30-19-11-26(12-20-30)42(35-3)36-4,31-21-13-27(14-22-31)43(37-5)38-6)32-23-15-28(16-24-32)44(39-7)40-8/h9-24H,1-8H3. The van der Waals surface area contributed by atoms with Gasteiger partial charge in [0.05, 0.1) is 0 Å². The first-order chi connectivity index (χ1) is 21.9. The third-order valence-corrected chi connectivity index (χ3v) is 18.7. The third-order valence-electron chi connectivity index (χ3n) is 7.70. The maximum atomic E-state index is 5.66. The van der Waals surface area contributed by atoms with Gasteiger partial charge in [-0.2, -0.15) is 0 Å². The highest BCUT2D eigenvalue weighted by Gasteiger charge is 2.42. The number of benzene rings is 4. The van der Waals surface area contributed by atoms with Crippen LogP contribution in [-0.4, -0.2) is 102 Å². The minimum Gasteiger partial charge on any atom is -0.393 e.